The number of carbonyl (C=O) groups is 1. The fourth-order valence-electron chi connectivity index (χ4n) is 2.12. The van der Waals surface area contributed by atoms with Gasteiger partial charge < -0.3 is 5.11 Å². The van der Waals surface area contributed by atoms with E-state index < -0.39 is 5.97 Å². The molecule has 4 heteroatoms. The lowest BCUT2D eigenvalue weighted by molar-refractivity contribution is -0.145. The molecule has 0 bridgehead atoms. The van der Waals surface area contributed by atoms with Crippen LogP contribution in [0.3, 0.4) is 0 Å². The highest BCUT2D eigenvalue weighted by Crippen LogP contribution is 2.26. The van der Waals surface area contributed by atoms with Crippen molar-refractivity contribution in [3.8, 4) is 0 Å². The van der Waals surface area contributed by atoms with Gasteiger partial charge in [-0.25, -0.2) is 0 Å². The van der Waals surface area contributed by atoms with E-state index in [0.717, 1.165) is 30.3 Å². The number of halogens is 1. The molecule has 1 aliphatic rings. The SMILES string of the molecule is C=C(Br)CN1CCC(CC)CC1C(=O)O. The molecule has 3 nitrogen and oxygen atoms in total. The summed E-state index contributed by atoms with van der Waals surface area (Å²) >= 11 is 3.29. The highest BCUT2D eigenvalue weighted by Gasteiger charge is 2.32. The van der Waals surface area contributed by atoms with Crippen molar-refractivity contribution in [2.75, 3.05) is 13.1 Å². The number of carboxylic acids is 1. The van der Waals surface area contributed by atoms with Gasteiger partial charge >= 0.3 is 5.97 Å². The fraction of sp³-hybridized carbons (Fsp3) is 0.727. The Labute approximate surface area is 99.3 Å². The Hall–Kier alpha value is -0.350. The second-order valence-corrected chi connectivity index (χ2v) is 5.26. The number of hydrogen-bond acceptors (Lipinski definition) is 2. The molecule has 1 aliphatic heterocycles. The molecule has 0 aromatic carbocycles. The first kappa shape index (κ1) is 12.7. The molecule has 1 heterocycles. The molecule has 1 saturated heterocycles. The van der Waals surface area contributed by atoms with Crippen LogP contribution in [0.2, 0.25) is 0 Å². The molecular formula is C11H18BrNO2. The minimum absolute atomic E-state index is 0.335. The standard InChI is InChI=1S/C11H18BrNO2/c1-3-9-4-5-13(7-8(2)12)10(6-9)11(14)15/h9-10H,2-7H2,1H3,(H,14,15). The maximum atomic E-state index is 11.1. The molecule has 1 fully saturated rings. The third-order valence-electron chi connectivity index (χ3n) is 3.06. The van der Waals surface area contributed by atoms with Crippen LogP contribution < -0.4 is 0 Å². The van der Waals surface area contributed by atoms with E-state index in [-0.39, 0.29) is 6.04 Å². The minimum Gasteiger partial charge on any atom is -0.480 e. The highest BCUT2D eigenvalue weighted by molar-refractivity contribution is 9.11. The van der Waals surface area contributed by atoms with Crippen molar-refractivity contribution < 1.29 is 9.90 Å². The average Bonchev–Trinajstić information content (AvgIpc) is 2.17. The Morgan fingerprint density at radius 2 is 2.33 bits per heavy atom. The summed E-state index contributed by atoms with van der Waals surface area (Å²) < 4.78 is 0.851. The second kappa shape index (κ2) is 5.66. The second-order valence-electron chi connectivity index (χ2n) is 4.14. The zero-order chi connectivity index (χ0) is 11.4. The van der Waals surface area contributed by atoms with E-state index in [1.807, 2.05) is 4.90 Å². The van der Waals surface area contributed by atoms with E-state index in [1.54, 1.807) is 0 Å². The maximum absolute atomic E-state index is 11.1. The largest absolute Gasteiger partial charge is 0.480 e. The molecule has 15 heavy (non-hydrogen) atoms. The molecule has 1 N–H and O–H groups in total. The number of nitrogens with zero attached hydrogens (tertiary/aromatic N) is 1. The van der Waals surface area contributed by atoms with Gasteiger partial charge in [0.05, 0.1) is 0 Å². The van der Waals surface area contributed by atoms with Crippen molar-refractivity contribution in [1.29, 1.82) is 0 Å². The van der Waals surface area contributed by atoms with Gasteiger partial charge in [-0.15, -0.1) is 0 Å². The van der Waals surface area contributed by atoms with Crippen LogP contribution in [-0.2, 0) is 4.79 Å². The van der Waals surface area contributed by atoms with Crippen LogP contribution in [-0.4, -0.2) is 35.1 Å². The van der Waals surface area contributed by atoms with Gasteiger partial charge in [-0.05, 0) is 25.3 Å². The van der Waals surface area contributed by atoms with Gasteiger partial charge in [-0.2, -0.15) is 0 Å². The van der Waals surface area contributed by atoms with Gasteiger partial charge in [0.1, 0.15) is 6.04 Å². The first-order chi connectivity index (χ1) is 7.04. The van der Waals surface area contributed by atoms with Crippen LogP contribution in [0.5, 0.6) is 0 Å². The molecule has 0 aliphatic carbocycles. The Balaban J connectivity index is 2.63. The molecule has 0 aromatic heterocycles. The lowest BCUT2D eigenvalue weighted by atomic mass is 9.89. The summed E-state index contributed by atoms with van der Waals surface area (Å²) in [5, 5.41) is 9.15. The Kier molecular flexibility index (Phi) is 4.80. The summed E-state index contributed by atoms with van der Waals surface area (Å²) in [4.78, 5) is 13.1. The molecule has 2 unspecified atom stereocenters. The molecule has 0 saturated carbocycles. The van der Waals surface area contributed by atoms with Crippen molar-refractivity contribution in [3.05, 3.63) is 11.1 Å². The number of piperidine rings is 1. The first-order valence-electron chi connectivity index (χ1n) is 5.34. The number of likely N-dealkylation sites (tertiary alicyclic amines) is 1. The van der Waals surface area contributed by atoms with E-state index in [9.17, 15) is 4.79 Å². The predicted molar refractivity (Wildman–Crippen MR) is 64.1 cm³/mol. The molecule has 2 atom stereocenters. The first-order valence-corrected chi connectivity index (χ1v) is 6.14. The maximum Gasteiger partial charge on any atom is 0.320 e. The molecule has 0 spiro atoms. The van der Waals surface area contributed by atoms with Crippen LogP contribution in [0.1, 0.15) is 26.2 Å². The number of aliphatic carboxylic acids is 1. The fourth-order valence-corrected chi connectivity index (χ4v) is 2.45. The monoisotopic (exact) mass is 275 g/mol. The minimum atomic E-state index is -0.707. The Morgan fingerprint density at radius 1 is 1.67 bits per heavy atom. The lowest BCUT2D eigenvalue weighted by Crippen LogP contribution is -2.47. The third-order valence-corrected chi connectivity index (χ3v) is 3.31. The number of rotatable bonds is 4. The summed E-state index contributed by atoms with van der Waals surface area (Å²) in [6, 6.07) is -0.335. The van der Waals surface area contributed by atoms with E-state index in [2.05, 4.69) is 29.4 Å². The van der Waals surface area contributed by atoms with E-state index in [0.29, 0.717) is 12.5 Å². The molecule has 0 amide bonds. The normalized spacial score (nSPS) is 27.6. The Bertz CT molecular complexity index is 255. The molecule has 0 aromatic rings. The molecule has 0 radical (unpaired) electrons. The lowest BCUT2D eigenvalue weighted by Gasteiger charge is -2.36. The smallest absolute Gasteiger partial charge is 0.320 e. The van der Waals surface area contributed by atoms with Crippen LogP contribution in [0.25, 0.3) is 0 Å². The van der Waals surface area contributed by atoms with E-state index in [4.69, 9.17) is 5.11 Å². The van der Waals surface area contributed by atoms with Gasteiger partial charge in [-0.3, -0.25) is 9.69 Å². The van der Waals surface area contributed by atoms with Gasteiger partial charge in [0.15, 0.2) is 0 Å². The quantitative estimate of drug-likeness (QED) is 0.857. The summed E-state index contributed by atoms with van der Waals surface area (Å²) in [7, 11) is 0. The van der Waals surface area contributed by atoms with Gasteiger partial charge in [0.25, 0.3) is 0 Å². The van der Waals surface area contributed by atoms with Gasteiger partial charge in [-0.1, -0.05) is 35.9 Å². The summed E-state index contributed by atoms with van der Waals surface area (Å²) in [6.45, 7) is 7.39. The zero-order valence-electron chi connectivity index (χ0n) is 9.08. The highest BCUT2D eigenvalue weighted by atomic mass is 79.9. The van der Waals surface area contributed by atoms with Crippen LogP contribution in [0.4, 0.5) is 0 Å². The summed E-state index contributed by atoms with van der Waals surface area (Å²) in [5.74, 6) is -0.146. The van der Waals surface area contributed by atoms with Crippen molar-refractivity contribution in [1.82, 2.24) is 4.90 Å². The molecular weight excluding hydrogens is 258 g/mol. The van der Waals surface area contributed by atoms with E-state index >= 15 is 0 Å². The van der Waals surface area contributed by atoms with Crippen LogP contribution in [0, 0.1) is 5.92 Å². The van der Waals surface area contributed by atoms with Crippen molar-refractivity contribution in [3.63, 3.8) is 0 Å². The van der Waals surface area contributed by atoms with Crippen LogP contribution in [0.15, 0.2) is 11.1 Å². The van der Waals surface area contributed by atoms with Crippen LogP contribution >= 0.6 is 15.9 Å². The van der Waals surface area contributed by atoms with Crippen molar-refractivity contribution in [2.24, 2.45) is 5.92 Å². The topological polar surface area (TPSA) is 40.5 Å². The third kappa shape index (κ3) is 3.61. The summed E-state index contributed by atoms with van der Waals surface area (Å²) in [5.41, 5.74) is 0. The number of hydrogen-bond donors (Lipinski definition) is 1. The van der Waals surface area contributed by atoms with Crippen molar-refractivity contribution >= 4 is 21.9 Å². The predicted octanol–water partition coefficient (Wildman–Crippen LogP) is 2.47. The molecule has 1 rings (SSSR count). The Morgan fingerprint density at radius 3 is 2.80 bits per heavy atom. The molecule has 86 valence electrons. The number of carboxylic acid groups (broad SMARTS) is 1. The van der Waals surface area contributed by atoms with Gasteiger partial charge in [0, 0.05) is 11.0 Å². The van der Waals surface area contributed by atoms with E-state index in [1.165, 1.54) is 0 Å². The zero-order valence-corrected chi connectivity index (χ0v) is 10.7. The average molecular weight is 276 g/mol. The van der Waals surface area contributed by atoms with Gasteiger partial charge in [0.2, 0.25) is 0 Å². The van der Waals surface area contributed by atoms with Crippen molar-refractivity contribution in [2.45, 2.75) is 32.2 Å². The summed E-state index contributed by atoms with van der Waals surface area (Å²) in [6.07, 6.45) is 2.94.